The van der Waals surface area contributed by atoms with Crippen molar-refractivity contribution in [3.8, 4) is 0 Å². The molecule has 2 N–H and O–H groups in total. The van der Waals surface area contributed by atoms with Crippen LogP contribution in [0.1, 0.15) is 24.3 Å². The molecule has 0 aliphatic carbocycles. The number of nitrogens with zero attached hydrogens (tertiary/aromatic N) is 4. The Balaban J connectivity index is 2.35. The van der Waals surface area contributed by atoms with Gasteiger partial charge in [-0.3, -0.25) is 14.4 Å². The highest BCUT2D eigenvalue weighted by Crippen LogP contribution is 1.94. The van der Waals surface area contributed by atoms with E-state index in [1.54, 1.807) is 0 Å². The van der Waals surface area contributed by atoms with Gasteiger partial charge >= 0.3 is 5.97 Å². The number of carboxylic acids is 1. The van der Waals surface area contributed by atoms with E-state index in [0.29, 0.717) is 19.6 Å². The van der Waals surface area contributed by atoms with Gasteiger partial charge in [-0.25, -0.2) is 4.79 Å². The van der Waals surface area contributed by atoms with E-state index >= 15 is 0 Å². The fraction of sp³-hybridized carbons (Fsp3) is 0.636. The van der Waals surface area contributed by atoms with E-state index in [4.69, 9.17) is 5.11 Å². The number of likely N-dealkylation sites (N-methyl/N-ethyl adjacent to an activating group) is 1. The van der Waals surface area contributed by atoms with Crippen LogP contribution in [0, 0.1) is 0 Å². The summed E-state index contributed by atoms with van der Waals surface area (Å²) in [7, 11) is 1.81. The molecule has 1 aromatic heterocycles. The van der Waals surface area contributed by atoms with Gasteiger partial charge in [-0.15, -0.1) is 5.10 Å². The van der Waals surface area contributed by atoms with Crippen molar-refractivity contribution in [3.05, 3.63) is 11.9 Å². The number of carbonyl (C=O) groups is 2. The van der Waals surface area contributed by atoms with Crippen LogP contribution in [0.5, 0.6) is 0 Å². The van der Waals surface area contributed by atoms with Gasteiger partial charge in [-0.2, -0.15) is 0 Å². The summed E-state index contributed by atoms with van der Waals surface area (Å²) in [6.07, 6.45) is 1.37. The van der Waals surface area contributed by atoms with Crippen LogP contribution in [-0.4, -0.2) is 63.1 Å². The summed E-state index contributed by atoms with van der Waals surface area (Å²) in [5, 5.41) is 18.7. The first-order valence-corrected chi connectivity index (χ1v) is 6.00. The molecule has 8 nitrogen and oxygen atoms in total. The van der Waals surface area contributed by atoms with Gasteiger partial charge in [0.15, 0.2) is 5.69 Å². The van der Waals surface area contributed by atoms with Crippen LogP contribution in [0.2, 0.25) is 0 Å². The fourth-order valence-electron chi connectivity index (χ4n) is 1.47. The molecule has 1 heterocycles. The van der Waals surface area contributed by atoms with Gasteiger partial charge < -0.3 is 10.4 Å². The van der Waals surface area contributed by atoms with Crippen LogP contribution >= 0.6 is 0 Å². The zero-order valence-corrected chi connectivity index (χ0v) is 11.3. The lowest BCUT2D eigenvalue weighted by Crippen LogP contribution is -2.39. The lowest BCUT2D eigenvalue weighted by molar-refractivity contribution is -0.122. The second-order valence-electron chi connectivity index (χ2n) is 4.63. The van der Waals surface area contributed by atoms with Gasteiger partial charge in [0, 0.05) is 12.6 Å². The second-order valence-corrected chi connectivity index (χ2v) is 4.63. The lowest BCUT2D eigenvalue weighted by atomic mass is 10.4. The maximum atomic E-state index is 11.5. The molecule has 0 unspecified atom stereocenters. The molecule has 8 heteroatoms. The quantitative estimate of drug-likeness (QED) is 0.687. The molecule has 0 aliphatic rings. The van der Waals surface area contributed by atoms with E-state index in [1.165, 1.54) is 10.9 Å². The number of carboxylic acid groups (broad SMARTS) is 1. The molecule has 0 spiro atoms. The zero-order valence-electron chi connectivity index (χ0n) is 11.3. The van der Waals surface area contributed by atoms with Crippen molar-refractivity contribution in [2.24, 2.45) is 0 Å². The van der Waals surface area contributed by atoms with Crippen molar-refractivity contribution in [2.45, 2.75) is 26.4 Å². The SMILES string of the molecule is CC(C)NC(=O)CN(C)CCn1cc(C(=O)O)nn1. The molecule has 0 aromatic carbocycles. The molecule has 0 saturated carbocycles. The minimum atomic E-state index is -1.10. The Hall–Kier alpha value is -1.96. The molecule has 1 amide bonds. The molecule has 19 heavy (non-hydrogen) atoms. The van der Waals surface area contributed by atoms with Gasteiger partial charge in [0.05, 0.1) is 19.3 Å². The van der Waals surface area contributed by atoms with Gasteiger partial charge in [0.1, 0.15) is 0 Å². The van der Waals surface area contributed by atoms with Crippen molar-refractivity contribution >= 4 is 11.9 Å². The third kappa shape index (κ3) is 5.47. The number of aromatic carboxylic acids is 1. The first kappa shape index (κ1) is 15.1. The smallest absolute Gasteiger partial charge is 0.358 e. The molecule has 0 atom stereocenters. The van der Waals surface area contributed by atoms with Crippen molar-refractivity contribution in [3.63, 3.8) is 0 Å². The number of rotatable bonds is 7. The van der Waals surface area contributed by atoms with Crippen LogP contribution in [0.3, 0.4) is 0 Å². The van der Waals surface area contributed by atoms with Gasteiger partial charge in [-0.05, 0) is 20.9 Å². The number of aromatic nitrogens is 3. The highest BCUT2D eigenvalue weighted by Gasteiger charge is 2.10. The number of hydrogen-bond acceptors (Lipinski definition) is 5. The average molecular weight is 269 g/mol. The summed E-state index contributed by atoms with van der Waals surface area (Å²) in [5.74, 6) is -1.14. The first-order chi connectivity index (χ1) is 8.88. The van der Waals surface area contributed by atoms with Crippen molar-refractivity contribution in [2.75, 3.05) is 20.1 Å². The van der Waals surface area contributed by atoms with Gasteiger partial charge in [0.2, 0.25) is 5.91 Å². The number of carbonyl (C=O) groups excluding carboxylic acids is 1. The van der Waals surface area contributed by atoms with Crippen molar-refractivity contribution in [1.82, 2.24) is 25.2 Å². The third-order valence-electron chi connectivity index (χ3n) is 2.33. The topological polar surface area (TPSA) is 100 Å². The summed E-state index contributed by atoms with van der Waals surface area (Å²) < 4.78 is 1.44. The highest BCUT2D eigenvalue weighted by atomic mass is 16.4. The van der Waals surface area contributed by atoms with Crippen LogP contribution in [0.4, 0.5) is 0 Å². The van der Waals surface area contributed by atoms with Gasteiger partial charge in [-0.1, -0.05) is 5.21 Å². The molecule has 1 rings (SSSR count). The van der Waals surface area contributed by atoms with E-state index < -0.39 is 5.97 Å². The van der Waals surface area contributed by atoms with Crippen LogP contribution in [0.25, 0.3) is 0 Å². The van der Waals surface area contributed by atoms with E-state index in [9.17, 15) is 9.59 Å². The summed E-state index contributed by atoms with van der Waals surface area (Å²) >= 11 is 0. The average Bonchev–Trinajstić information content (AvgIpc) is 2.73. The Morgan fingerprint density at radius 2 is 2.21 bits per heavy atom. The standard InChI is InChI=1S/C11H19N5O3/c1-8(2)12-10(17)7-15(3)4-5-16-6-9(11(18)19)13-14-16/h6,8H,4-5,7H2,1-3H3,(H,12,17)(H,18,19). The van der Waals surface area contributed by atoms with Crippen molar-refractivity contribution in [1.29, 1.82) is 0 Å². The molecule has 0 fully saturated rings. The first-order valence-electron chi connectivity index (χ1n) is 6.00. The largest absolute Gasteiger partial charge is 0.476 e. The Labute approximate surface area is 111 Å². The predicted octanol–water partition coefficient (Wildman–Crippen LogP) is -0.567. The molecule has 106 valence electrons. The number of hydrogen-bond donors (Lipinski definition) is 2. The summed E-state index contributed by atoms with van der Waals surface area (Å²) in [5.41, 5.74) is -0.0831. The Kier molecular flexibility index (Phi) is 5.43. The van der Waals surface area contributed by atoms with E-state index in [0.717, 1.165) is 0 Å². The molecule has 0 saturated heterocycles. The summed E-state index contributed by atoms with van der Waals surface area (Å²) in [6.45, 7) is 5.15. The predicted molar refractivity (Wildman–Crippen MR) is 67.8 cm³/mol. The van der Waals surface area contributed by atoms with Crippen LogP contribution in [0.15, 0.2) is 6.20 Å². The minimum Gasteiger partial charge on any atom is -0.476 e. The molecular formula is C11H19N5O3. The number of amides is 1. The molecule has 0 bridgehead atoms. The minimum absolute atomic E-state index is 0.0395. The Morgan fingerprint density at radius 3 is 2.74 bits per heavy atom. The van der Waals surface area contributed by atoms with E-state index in [2.05, 4.69) is 15.6 Å². The zero-order chi connectivity index (χ0) is 14.4. The highest BCUT2D eigenvalue weighted by molar-refractivity contribution is 5.84. The number of nitrogens with one attached hydrogen (secondary N) is 1. The summed E-state index contributed by atoms with van der Waals surface area (Å²) in [4.78, 5) is 24.0. The van der Waals surface area contributed by atoms with Crippen LogP contribution < -0.4 is 5.32 Å². The maximum Gasteiger partial charge on any atom is 0.358 e. The second kappa shape index (κ2) is 6.83. The van der Waals surface area contributed by atoms with E-state index in [-0.39, 0.29) is 17.6 Å². The third-order valence-corrected chi connectivity index (χ3v) is 2.33. The summed E-state index contributed by atoms with van der Waals surface area (Å²) in [6, 6.07) is 0.120. The monoisotopic (exact) mass is 269 g/mol. The lowest BCUT2D eigenvalue weighted by Gasteiger charge is -2.17. The molecule has 0 radical (unpaired) electrons. The fourth-order valence-corrected chi connectivity index (χ4v) is 1.47. The van der Waals surface area contributed by atoms with Crippen LogP contribution in [-0.2, 0) is 11.3 Å². The van der Waals surface area contributed by atoms with E-state index in [1.807, 2.05) is 25.8 Å². The maximum absolute atomic E-state index is 11.5. The molecule has 1 aromatic rings. The Bertz CT molecular complexity index is 443. The normalized spacial score (nSPS) is 11.0. The Morgan fingerprint density at radius 1 is 1.53 bits per heavy atom. The molecular weight excluding hydrogens is 250 g/mol. The van der Waals surface area contributed by atoms with Gasteiger partial charge in [0.25, 0.3) is 0 Å². The molecule has 0 aliphatic heterocycles. The van der Waals surface area contributed by atoms with Crippen molar-refractivity contribution < 1.29 is 14.7 Å².